The third kappa shape index (κ3) is 4.70. The predicted molar refractivity (Wildman–Crippen MR) is 78.6 cm³/mol. The van der Waals surface area contributed by atoms with Crippen LogP contribution >= 0.6 is 12.4 Å². The van der Waals surface area contributed by atoms with Gasteiger partial charge in [0.15, 0.2) is 0 Å². The van der Waals surface area contributed by atoms with Crippen molar-refractivity contribution in [3.05, 3.63) is 29.8 Å². The zero-order valence-electron chi connectivity index (χ0n) is 11.0. The number of hydrogen-bond acceptors (Lipinski definition) is 3. The number of aromatic carboxylic acids is 1. The van der Waals surface area contributed by atoms with E-state index >= 15 is 0 Å². The van der Waals surface area contributed by atoms with Crippen LogP contribution in [0.5, 0.6) is 0 Å². The molecule has 0 aliphatic carbocycles. The minimum atomic E-state index is -0.868. The highest BCUT2D eigenvalue weighted by molar-refractivity contribution is 5.88. The Hall–Kier alpha value is -1.30. The van der Waals surface area contributed by atoms with Crippen LogP contribution in [0.2, 0.25) is 0 Å². The summed E-state index contributed by atoms with van der Waals surface area (Å²) in [4.78, 5) is 15.4. The Morgan fingerprint density at radius 1 is 1.11 bits per heavy atom. The molecule has 0 saturated carbocycles. The molecular formula is C13H21ClN2O3. The van der Waals surface area contributed by atoms with Gasteiger partial charge in [0.2, 0.25) is 0 Å². The standard InChI is InChI=1S/C13H18N2O2.ClH.H2O/c1-14-7-2-8-15(10-9-14)12-5-3-11(4-6-12)13(16)17;;/h3-6H,2,7-10H2,1H3,(H,16,17);1H;1H2. The fourth-order valence-corrected chi connectivity index (χ4v) is 2.12. The minimum absolute atomic E-state index is 0. The summed E-state index contributed by atoms with van der Waals surface area (Å²) in [6.07, 6.45) is 1.15. The fraction of sp³-hybridized carbons (Fsp3) is 0.462. The second kappa shape index (κ2) is 7.99. The van der Waals surface area contributed by atoms with Crippen molar-refractivity contribution in [1.82, 2.24) is 4.90 Å². The molecular weight excluding hydrogens is 268 g/mol. The maximum Gasteiger partial charge on any atom is 0.335 e. The molecule has 0 unspecified atom stereocenters. The summed E-state index contributed by atoms with van der Waals surface area (Å²) in [6.45, 7) is 4.23. The van der Waals surface area contributed by atoms with Gasteiger partial charge in [-0.3, -0.25) is 0 Å². The Kier molecular flexibility index (Phi) is 7.44. The Morgan fingerprint density at radius 3 is 2.32 bits per heavy atom. The molecule has 1 aliphatic heterocycles. The highest BCUT2D eigenvalue weighted by Crippen LogP contribution is 2.17. The summed E-state index contributed by atoms with van der Waals surface area (Å²) in [5.74, 6) is -0.868. The second-order valence-corrected chi connectivity index (χ2v) is 4.50. The highest BCUT2D eigenvalue weighted by Gasteiger charge is 2.12. The van der Waals surface area contributed by atoms with Crippen LogP contribution in [0, 0.1) is 0 Å². The maximum atomic E-state index is 10.8. The van der Waals surface area contributed by atoms with E-state index in [0.717, 1.165) is 38.3 Å². The number of carboxylic acid groups (broad SMARTS) is 1. The van der Waals surface area contributed by atoms with E-state index in [0.29, 0.717) is 5.56 Å². The van der Waals surface area contributed by atoms with Gasteiger partial charge in [-0.2, -0.15) is 0 Å². The van der Waals surface area contributed by atoms with Crippen LogP contribution in [0.3, 0.4) is 0 Å². The van der Waals surface area contributed by atoms with E-state index in [1.54, 1.807) is 12.1 Å². The van der Waals surface area contributed by atoms with Gasteiger partial charge in [0.1, 0.15) is 0 Å². The molecule has 3 N–H and O–H groups in total. The average Bonchev–Trinajstić information content (AvgIpc) is 2.54. The number of carboxylic acids is 1. The molecule has 1 aromatic rings. The average molecular weight is 289 g/mol. The number of anilines is 1. The number of halogens is 1. The Bertz CT molecular complexity index is 397. The predicted octanol–water partition coefficient (Wildman–Crippen LogP) is 1.12. The largest absolute Gasteiger partial charge is 0.478 e. The maximum absolute atomic E-state index is 10.8. The number of rotatable bonds is 2. The second-order valence-electron chi connectivity index (χ2n) is 4.50. The summed E-state index contributed by atoms with van der Waals surface area (Å²) < 4.78 is 0. The zero-order chi connectivity index (χ0) is 12.3. The van der Waals surface area contributed by atoms with Crippen molar-refractivity contribution in [3.63, 3.8) is 0 Å². The molecule has 1 aromatic carbocycles. The highest BCUT2D eigenvalue weighted by atomic mass is 35.5. The lowest BCUT2D eigenvalue weighted by atomic mass is 10.2. The third-order valence-electron chi connectivity index (χ3n) is 3.20. The Morgan fingerprint density at radius 2 is 1.74 bits per heavy atom. The van der Waals surface area contributed by atoms with Crippen molar-refractivity contribution in [2.75, 3.05) is 38.1 Å². The molecule has 1 saturated heterocycles. The smallest absolute Gasteiger partial charge is 0.335 e. The molecule has 2 rings (SSSR count). The molecule has 0 spiro atoms. The van der Waals surface area contributed by atoms with Gasteiger partial charge < -0.3 is 20.4 Å². The molecule has 19 heavy (non-hydrogen) atoms. The van der Waals surface area contributed by atoms with Crippen molar-refractivity contribution >= 4 is 24.1 Å². The van der Waals surface area contributed by atoms with Crippen LogP contribution in [-0.4, -0.2) is 54.7 Å². The van der Waals surface area contributed by atoms with Crippen LogP contribution in [0.15, 0.2) is 24.3 Å². The summed E-state index contributed by atoms with van der Waals surface area (Å²) in [5.41, 5.74) is 1.46. The van der Waals surface area contributed by atoms with Crippen molar-refractivity contribution in [1.29, 1.82) is 0 Å². The Balaban J connectivity index is 0.00000162. The number of nitrogens with zero attached hydrogens (tertiary/aromatic N) is 2. The first kappa shape index (κ1) is 17.7. The third-order valence-corrected chi connectivity index (χ3v) is 3.20. The lowest BCUT2D eigenvalue weighted by molar-refractivity contribution is 0.0697. The van der Waals surface area contributed by atoms with Crippen LogP contribution in [0.25, 0.3) is 0 Å². The van der Waals surface area contributed by atoms with E-state index in [-0.39, 0.29) is 17.9 Å². The molecule has 0 aromatic heterocycles. The van der Waals surface area contributed by atoms with E-state index in [1.807, 2.05) is 12.1 Å². The molecule has 1 heterocycles. The quantitative estimate of drug-likeness (QED) is 0.885. The Labute approximate surface area is 119 Å². The molecule has 0 amide bonds. The molecule has 1 aliphatic rings. The van der Waals surface area contributed by atoms with Gasteiger partial charge in [-0.15, -0.1) is 12.4 Å². The minimum Gasteiger partial charge on any atom is -0.478 e. The summed E-state index contributed by atoms with van der Waals surface area (Å²) >= 11 is 0. The van der Waals surface area contributed by atoms with Gasteiger partial charge in [0.05, 0.1) is 5.56 Å². The van der Waals surface area contributed by atoms with Crippen molar-refractivity contribution in [2.45, 2.75) is 6.42 Å². The number of benzene rings is 1. The number of likely N-dealkylation sites (N-methyl/N-ethyl adjacent to an activating group) is 1. The molecule has 0 radical (unpaired) electrons. The first-order chi connectivity index (χ1) is 8.16. The normalized spacial score (nSPS) is 15.9. The molecule has 108 valence electrons. The van der Waals surface area contributed by atoms with Crippen LogP contribution in [-0.2, 0) is 0 Å². The molecule has 0 bridgehead atoms. The molecule has 5 nitrogen and oxygen atoms in total. The van der Waals surface area contributed by atoms with Gasteiger partial charge in [-0.05, 0) is 44.3 Å². The van der Waals surface area contributed by atoms with Crippen LogP contribution in [0.4, 0.5) is 5.69 Å². The van der Waals surface area contributed by atoms with Gasteiger partial charge in [0.25, 0.3) is 0 Å². The number of hydrogen-bond donors (Lipinski definition) is 1. The van der Waals surface area contributed by atoms with Crippen LogP contribution in [0.1, 0.15) is 16.8 Å². The van der Waals surface area contributed by atoms with E-state index in [9.17, 15) is 4.79 Å². The van der Waals surface area contributed by atoms with Crippen molar-refractivity contribution in [3.8, 4) is 0 Å². The van der Waals surface area contributed by atoms with Crippen molar-refractivity contribution in [2.24, 2.45) is 0 Å². The van der Waals surface area contributed by atoms with E-state index in [1.165, 1.54) is 0 Å². The SMILES string of the molecule is CN1CCCN(c2ccc(C(=O)O)cc2)CC1.Cl.O. The monoisotopic (exact) mass is 288 g/mol. The topological polar surface area (TPSA) is 75.3 Å². The van der Waals surface area contributed by atoms with Gasteiger partial charge in [0, 0.05) is 25.3 Å². The molecule has 1 fully saturated rings. The zero-order valence-corrected chi connectivity index (χ0v) is 11.8. The van der Waals surface area contributed by atoms with E-state index < -0.39 is 5.97 Å². The lowest BCUT2D eigenvalue weighted by Gasteiger charge is -2.22. The fourth-order valence-electron chi connectivity index (χ4n) is 2.12. The summed E-state index contributed by atoms with van der Waals surface area (Å²) in [7, 11) is 2.14. The van der Waals surface area contributed by atoms with Crippen LogP contribution < -0.4 is 4.90 Å². The first-order valence-corrected chi connectivity index (χ1v) is 5.93. The van der Waals surface area contributed by atoms with Gasteiger partial charge in [-0.25, -0.2) is 4.79 Å². The van der Waals surface area contributed by atoms with E-state index in [4.69, 9.17) is 5.11 Å². The first-order valence-electron chi connectivity index (χ1n) is 5.93. The molecule has 0 atom stereocenters. The molecule has 6 heteroatoms. The summed E-state index contributed by atoms with van der Waals surface area (Å²) in [5, 5.41) is 8.85. The summed E-state index contributed by atoms with van der Waals surface area (Å²) in [6, 6.07) is 7.14. The number of carbonyl (C=O) groups is 1. The van der Waals surface area contributed by atoms with E-state index in [2.05, 4.69) is 16.8 Å². The van der Waals surface area contributed by atoms with Gasteiger partial charge >= 0.3 is 5.97 Å². The van der Waals surface area contributed by atoms with Gasteiger partial charge in [-0.1, -0.05) is 0 Å². The van der Waals surface area contributed by atoms with Crippen molar-refractivity contribution < 1.29 is 15.4 Å². The lowest BCUT2D eigenvalue weighted by Crippen LogP contribution is -2.28.